The van der Waals surface area contributed by atoms with Crippen LogP contribution in [0.4, 0.5) is 4.79 Å². The number of piperazine rings is 2. The summed E-state index contributed by atoms with van der Waals surface area (Å²) in [7, 11) is 0. The van der Waals surface area contributed by atoms with Crippen LogP contribution < -0.4 is 0 Å². The van der Waals surface area contributed by atoms with E-state index in [1.807, 2.05) is 27.7 Å². The summed E-state index contributed by atoms with van der Waals surface area (Å²) < 4.78 is 10.4. The first-order valence-electron chi connectivity index (χ1n) is 11.1. The first-order valence-corrected chi connectivity index (χ1v) is 11.1. The molecular formula is C21H38N4O6. The Morgan fingerprint density at radius 1 is 0.677 bits per heavy atom. The molecule has 2 aliphatic heterocycles. The van der Waals surface area contributed by atoms with Crippen molar-refractivity contribution in [2.75, 3.05) is 72.2 Å². The lowest BCUT2D eigenvalue weighted by Gasteiger charge is -2.40. The van der Waals surface area contributed by atoms with Crippen molar-refractivity contribution < 1.29 is 28.7 Å². The van der Waals surface area contributed by atoms with Gasteiger partial charge >= 0.3 is 6.03 Å². The van der Waals surface area contributed by atoms with Gasteiger partial charge in [0.25, 0.3) is 0 Å². The Kier molecular flexibility index (Phi) is 12.1. The maximum Gasteiger partial charge on any atom is 0.320 e. The van der Waals surface area contributed by atoms with E-state index in [0.717, 1.165) is 0 Å². The largest absolute Gasteiger partial charge is 0.369 e. The predicted octanol–water partition coefficient (Wildman–Crippen LogP) is 0.452. The van der Waals surface area contributed by atoms with Gasteiger partial charge in [-0.25, -0.2) is 4.79 Å². The standard InChI is InChI=1S/C19H32N4O6.C2H6/c1-15(2)29-14-18(26)21-6-10-23(11-7-21)19(27)22-8-4-20(5-9-22)17(25)13-28-12-16(3)24;1-2/h15H,4-14H2,1-3H3;1-2H3. The molecule has 2 saturated heterocycles. The normalized spacial score (nSPS) is 16.7. The van der Waals surface area contributed by atoms with E-state index >= 15 is 0 Å². The van der Waals surface area contributed by atoms with Gasteiger partial charge in [-0.3, -0.25) is 14.4 Å². The Balaban J connectivity index is 0.00000233. The second-order valence-corrected chi connectivity index (χ2v) is 7.57. The summed E-state index contributed by atoms with van der Waals surface area (Å²) in [6.07, 6.45) is 0.00747. The van der Waals surface area contributed by atoms with Crippen LogP contribution in [0.1, 0.15) is 34.6 Å². The summed E-state index contributed by atoms with van der Waals surface area (Å²) in [5.74, 6) is -0.346. The van der Waals surface area contributed by atoms with E-state index in [2.05, 4.69) is 0 Å². The van der Waals surface area contributed by atoms with E-state index in [1.165, 1.54) is 6.92 Å². The maximum atomic E-state index is 12.7. The van der Waals surface area contributed by atoms with E-state index in [4.69, 9.17) is 9.47 Å². The number of carbonyl (C=O) groups excluding carboxylic acids is 4. The van der Waals surface area contributed by atoms with Crippen LogP contribution in [0, 0.1) is 0 Å². The zero-order chi connectivity index (χ0) is 23.4. The molecule has 2 aliphatic rings. The van der Waals surface area contributed by atoms with Gasteiger partial charge in [0.05, 0.1) is 6.10 Å². The van der Waals surface area contributed by atoms with Crippen molar-refractivity contribution in [3.63, 3.8) is 0 Å². The summed E-state index contributed by atoms with van der Waals surface area (Å²) >= 11 is 0. The fraction of sp³-hybridized carbons (Fsp3) is 0.810. The Hall–Kier alpha value is -2.20. The highest BCUT2D eigenvalue weighted by Crippen LogP contribution is 2.10. The Morgan fingerprint density at radius 2 is 1.06 bits per heavy atom. The average molecular weight is 443 g/mol. The summed E-state index contributed by atoms with van der Waals surface area (Å²) in [5.41, 5.74) is 0. The third-order valence-corrected chi connectivity index (χ3v) is 4.88. The van der Waals surface area contributed by atoms with Gasteiger partial charge in [-0.2, -0.15) is 0 Å². The second-order valence-electron chi connectivity index (χ2n) is 7.57. The topological polar surface area (TPSA) is 99.7 Å². The summed E-state index contributed by atoms with van der Waals surface area (Å²) in [4.78, 5) is 54.6. The number of urea groups is 1. The quantitative estimate of drug-likeness (QED) is 0.568. The van der Waals surface area contributed by atoms with Crippen molar-refractivity contribution in [1.82, 2.24) is 19.6 Å². The Morgan fingerprint density at radius 3 is 1.45 bits per heavy atom. The predicted molar refractivity (Wildman–Crippen MR) is 116 cm³/mol. The monoisotopic (exact) mass is 442 g/mol. The Labute approximate surface area is 185 Å². The third kappa shape index (κ3) is 9.22. The number of rotatable bonds is 7. The van der Waals surface area contributed by atoms with Gasteiger partial charge in [0, 0.05) is 52.4 Å². The molecule has 2 rings (SSSR count). The highest BCUT2D eigenvalue weighted by Gasteiger charge is 2.30. The molecule has 2 heterocycles. The van der Waals surface area contributed by atoms with Crippen LogP contribution in [0.2, 0.25) is 0 Å². The molecule has 31 heavy (non-hydrogen) atoms. The van der Waals surface area contributed by atoms with Gasteiger partial charge in [0.2, 0.25) is 11.8 Å². The number of nitrogens with zero attached hydrogens (tertiary/aromatic N) is 4. The fourth-order valence-electron chi connectivity index (χ4n) is 3.20. The molecule has 0 unspecified atom stereocenters. The SMILES string of the molecule is CC.CC(=O)COCC(=O)N1CCN(C(=O)N2CCN(C(=O)COC(C)C)CC2)CC1. The molecule has 4 amide bonds. The molecule has 0 aliphatic carbocycles. The fourth-order valence-corrected chi connectivity index (χ4v) is 3.20. The zero-order valence-corrected chi connectivity index (χ0v) is 19.6. The second kappa shape index (κ2) is 14.0. The van der Waals surface area contributed by atoms with Crippen molar-refractivity contribution in [3.8, 4) is 0 Å². The minimum Gasteiger partial charge on any atom is -0.369 e. The molecule has 0 aromatic heterocycles. The average Bonchev–Trinajstić information content (AvgIpc) is 2.78. The molecule has 10 heteroatoms. The van der Waals surface area contributed by atoms with Crippen molar-refractivity contribution in [1.29, 1.82) is 0 Å². The molecular weight excluding hydrogens is 404 g/mol. The van der Waals surface area contributed by atoms with Crippen LogP contribution in [0.15, 0.2) is 0 Å². The molecule has 0 saturated carbocycles. The van der Waals surface area contributed by atoms with E-state index in [0.29, 0.717) is 52.4 Å². The highest BCUT2D eigenvalue weighted by atomic mass is 16.5. The molecule has 2 fully saturated rings. The van der Waals surface area contributed by atoms with Crippen molar-refractivity contribution in [2.45, 2.75) is 40.7 Å². The summed E-state index contributed by atoms with van der Waals surface area (Å²) in [6.45, 7) is 12.8. The number of ether oxygens (including phenoxy) is 2. The molecule has 0 aromatic carbocycles. The van der Waals surface area contributed by atoms with E-state index in [9.17, 15) is 19.2 Å². The third-order valence-electron chi connectivity index (χ3n) is 4.88. The van der Waals surface area contributed by atoms with Gasteiger partial charge in [0.15, 0.2) is 5.78 Å². The molecule has 0 aromatic rings. The lowest BCUT2D eigenvalue weighted by atomic mass is 10.3. The summed E-state index contributed by atoms with van der Waals surface area (Å²) in [6, 6.07) is -0.0598. The van der Waals surface area contributed by atoms with E-state index in [-0.39, 0.29) is 49.6 Å². The van der Waals surface area contributed by atoms with Gasteiger partial charge in [-0.15, -0.1) is 0 Å². The highest BCUT2D eigenvalue weighted by molar-refractivity contribution is 5.80. The zero-order valence-electron chi connectivity index (χ0n) is 19.6. The molecule has 0 atom stereocenters. The lowest BCUT2D eigenvalue weighted by molar-refractivity contribution is -0.139. The van der Waals surface area contributed by atoms with Gasteiger partial charge < -0.3 is 29.1 Å². The molecule has 0 N–H and O–H groups in total. The first-order chi connectivity index (χ1) is 14.8. The van der Waals surface area contributed by atoms with Crippen molar-refractivity contribution in [3.05, 3.63) is 0 Å². The first kappa shape index (κ1) is 26.8. The minimum atomic E-state index is -0.172. The number of carbonyl (C=O) groups is 4. The van der Waals surface area contributed by atoms with Crippen LogP contribution >= 0.6 is 0 Å². The molecule has 0 spiro atoms. The van der Waals surface area contributed by atoms with E-state index in [1.54, 1.807) is 19.6 Å². The number of amides is 4. The number of Topliss-reactive ketones (excluding diaryl/α,β-unsaturated/α-hetero) is 1. The smallest absolute Gasteiger partial charge is 0.320 e. The van der Waals surface area contributed by atoms with Gasteiger partial charge in [-0.05, 0) is 20.8 Å². The molecule has 0 bridgehead atoms. The van der Waals surface area contributed by atoms with Crippen molar-refractivity contribution in [2.24, 2.45) is 0 Å². The molecule has 0 radical (unpaired) electrons. The lowest BCUT2D eigenvalue weighted by Crippen LogP contribution is -2.58. The minimum absolute atomic E-state index is 0.00747. The van der Waals surface area contributed by atoms with Crippen LogP contribution in [0.5, 0.6) is 0 Å². The van der Waals surface area contributed by atoms with Crippen LogP contribution in [0.3, 0.4) is 0 Å². The van der Waals surface area contributed by atoms with E-state index < -0.39 is 0 Å². The Bertz CT molecular complexity index is 597. The van der Waals surface area contributed by atoms with Crippen LogP contribution in [-0.4, -0.2) is 122 Å². The summed E-state index contributed by atoms with van der Waals surface area (Å²) in [5, 5.41) is 0. The van der Waals surface area contributed by atoms with Crippen LogP contribution in [0.25, 0.3) is 0 Å². The van der Waals surface area contributed by atoms with Crippen LogP contribution in [-0.2, 0) is 23.9 Å². The number of hydrogen-bond acceptors (Lipinski definition) is 6. The van der Waals surface area contributed by atoms with Gasteiger partial charge in [0.1, 0.15) is 19.8 Å². The number of ketones is 1. The number of hydrogen-bond donors (Lipinski definition) is 0. The molecule has 10 nitrogen and oxygen atoms in total. The van der Waals surface area contributed by atoms with Crippen molar-refractivity contribution >= 4 is 23.6 Å². The van der Waals surface area contributed by atoms with Gasteiger partial charge in [-0.1, -0.05) is 13.8 Å². The molecule has 178 valence electrons. The maximum absolute atomic E-state index is 12.7.